The summed E-state index contributed by atoms with van der Waals surface area (Å²) in [4.78, 5) is 48.2. The molecule has 3 aromatic carbocycles. The smallest absolute Gasteiger partial charge is 0.339 e. The molecule has 14 heteroatoms. The molecular weight excluding hydrogens is 562 g/mol. The van der Waals surface area contributed by atoms with E-state index in [1.54, 1.807) is 6.07 Å². The number of benzene rings is 3. The fourth-order valence-electron chi connectivity index (χ4n) is 3.70. The second kappa shape index (κ2) is 11.6. The van der Waals surface area contributed by atoms with Crippen LogP contribution in [0.5, 0.6) is 11.5 Å². The third kappa shape index (κ3) is 6.30. The fourth-order valence-corrected chi connectivity index (χ4v) is 5.47. The molecule has 0 aliphatic carbocycles. The number of hydrogen-bond acceptors (Lipinski definition) is 10. The number of imide groups is 1. The summed E-state index contributed by atoms with van der Waals surface area (Å²) in [5.41, 5.74) is 0.727. The zero-order valence-electron chi connectivity index (χ0n) is 21.0. The van der Waals surface area contributed by atoms with Crippen LogP contribution in [0.25, 0.3) is 6.08 Å². The van der Waals surface area contributed by atoms with Crippen LogP contribution in [-0.2, 0) is 26.3 Å². The molecule has 3 amide bonds. The van der Waals surface area contributed by atoms with E-state index in [1.165, 1.54) is 80.8 Å². The van der Waals surface area contributed by atoms with Crippen LogP contribution in [0.15, 0.2) is 76.5 Å². The van der Waals surface area contributed by atoms with Crippen LogP contribution < -0.4 is 14.2 Å². The second-order valence-corrected chi connectivity index (χ2v) is 10.8. The number of rotatable bonds is 9. The number of methoxy groups -OCH3 is 1. The van der Waals surface area contributed by atoms with E-state index in [4.69, 9.17) is 8.92 Å². The molecule has 1 fully saturated rings. The highest BCUT2D eigenvalue weighted by Crippen LogP contribution is 2.37. The maximum absolute atomic E-state index is 13.0. The van der Waals surface area contributed by atoms with Crippen molar-refractivity contribution in [2.24, 2.45) is 0 Å². The molecule has 0 radical (unpaired) electrons. The van der Waals surface area contributed by atoms with Crippen molar-refractivity contribution in [2.45, 2.75) is 18.4 Å². The molecule has 0 bridgehead atoms. The molecule has 1 N–H and O–H groups in total. The van der Waals surface area contributed by atoms with Gasteiger partial charge in [0.1, 0.15) is 4.90 Å². The van der Waals surface area contributed by atoms with Crippen LogP contribution in [0.2, 0.25) is 0 Å². The van der Waals surface area contributed by atoms with Crippen molar-refractivity contribution in [2.75, 3.05) is 12.4 Å². The predicted octanol–water partition coefficient (Wildman–Crippen LogP) is 4.57. The van der Waals surface area contributed by atoms with Gasteiger partial charge in [-0.05, 0) is 59.8 Å². The molecule has 3 aromatic rings. The maximum Gasteiger partial charge on any atom is 0.339 e. The molecule has 1 heterocycles. The average molecular weight is 584 g/mol. The number of hydrogen-bond donors (Lipinski definition) is 1. The number of nitrogens with one attached hydrogen (secondary N) is 1. The van der Waals surface area contributed by atoms with Crippen molar-refractivity contribution in [3.05, 3.63) is 92.9 Å². The summed E-state index contributed by atoms with van der Waals surface area (Å²) in [5, 5.41) is 13.2. The number of ether oxygens (including phenoxy) is 1. The summed E-state index contributed by atoms with van der Waals surface area (Å²) in [6.45, 7) is 1.04. The highest BCUT2D eigenvalue weighted by Gasteiger charge is 2.36. The number of carbonyl (C=O) groups is 3. The van der Waals surface area contributed by atoms with Gasteiger partial charge in [-0.2, -0.15) is 8.42 Å². The van der Waals surface area contributed by atoms with Crippen LogP contribution in [0, 0.1) is 10.1 Å². The lowest BCUT2D eigenvalue weighted by molar-refractivity contribution is -0.385. The summed E-state index contributed by atoms with van der Waals surface area (Å²) in [7, 11) is -2.99. The van der Waals surface area contributed by atoms with E-state index >= 15 is 0 Å². The molecule has 1 aliphatic rings. The zero-order valence-corrected chi connectivity index (χ0v) is 22.7. The van der Waals surface area contributed by atoms with Crippen molar-refractivity contribution in [1.29, 1.82) is 0 Å². The van der Waals surface area contributed by atoms with Gasteiger partial charge >= 0.3 is 10.1 Å². The topological polar surface area (TPSA) is 162 Å². The average Bonchev–Trinajstić information content (AvgIpc) is 3.16. The molecule has 0 saturated carbocycles. The van der Waals surface area contributed by atoms with E-state index in [0.29, 0.717) is 23.0 Å². The highest BCUT2D eigenvalue weighted by atomic mass is 32.2. The molecule has 1 saturated heterocycles. The van der Waals surface area contributed by atoms with Crippen LogP contribution >= 0.6 is 11.8 Å². The molecule has 12 nitrogen and oxygen atoms in total. The first-order chi connectivity index (χ1) is 19.0. The third-order valence-corrected chi connectivity index (χ3v) is 7.69. The lowest BCUT2D eigenvalue weighted by atomic mass is 10.1. The summed E-state index contributed by atoms with van der Waals surface area (Å²) >= 11 is 0.650. The summed E-state index contributed by atoms with van der Waals surface area (Å²) in [5.74, 6) is -1.03. The van der Waals surface area contributed by atoms with Crippen molar-refractivity contribution in [3.8, 4) is 11.5 Å². The van der Waals surface area contributed by atoms with Gasteiger partial charge < -0.3 is 14.2 Å². The molecular formula is C26H21N3O9S2. The minimum Gasteiger partial charge on any atom is -0.493 e. The van der Waals surface area contributed by atoms with Crippen molar-refractivity contribution >= 4 is 56.4 Å². The van der Waals surface area contributed by atoms with Gasteiger partial charge in [-0.1, -0.05) is 24.3 Å². The molecule has 4 rings (SSSR count). The van der Waals surface area contributed by atoms with Gasteiger partial charge in [0.2, 0.25) is 5.91 Å². The fraction of sp³-hybridized carbons (Fsp3) is 0.115. The first-order valence-corrected chi connectivity index (χ1v) is 13.7. The van der Waals surface area contributed by atoms with Gasteiger partial charge in [-0.25, -0.2) is 0 Å². The maximum atomic E-state index is 13.0. The van der Waals surface area contributed by atoms with Crippen LogP contribution in [0.1, 0.15) is 18.1 Å². The predicted molar refractivity (Wildman–Crippen MR) is 146 cm³/mol. The van der Waals surface area contributed by atoms with Crippen LogP contribution in [0.4, 0.5) is 16.2 Å². The molecule has 0 unspecified atom stereocenters. The van der Waals surface area contributed by atoms with Crippen molar-refractivity contribution in [3.63, 3.8) is 0 Å². The number of nitrogens with zero attached hydrogens (tertiary/aromatic N) is 2. The van der Waals surface area contributed by atoms with Gasteiger partial charge in [0.15, 0.2) is 11.5 Å². The standard InChI is InChI=1S/C26H21N3O9S2/c1-16(30)27-19-8-10-20(11-9-19)40(35,36)38-23-13-17(7-12-22(23)37-2)14-24-25(31)28(26(32)39-24)15-18-5-3-4-6-21(18)29(33)34/h3-14H,15H2,1-2H3,(H,27,30)/b24-14-. The van der Waals surface area contributed by atoms with Crippen molar-refractivity contribution < 1.29 is 36.6 Å². The van der Waals surface area contributed by atoms with Gasteiger partial charge in [0.25, 0.3) is 16.8 Å². The Kier molecular flexibility index (Phi) is 8.21. The van der Waals surface area contributed by atoms with E-state index in [9.17, 15) is 32.9 Å². The van der Waals surface area contributed by atoms with E-state index in [2.05, 4.69) is 5.32 Å². The molecule has 206 valence electrons. The Morgan fingerprint density at radius 2 is 1.77 bits per heavy atom. The van der Waals surface area contributed by atoms with Gasteiger partial charge in [-0.3, -0.25) is 29.4 Å². The minimum absolute atomic E-state index is 0.0381. The number of para-hydroxylation sites is 1. The molecule has 0 spiro atoms. The Labute approximate surface area is 232 Å². The molecule has 1 aliphatic heterocycles. The number of nitro benzene ring substituents is 1. The van der Waals surface area contributed by atoms with Crippen LogP contribution in [-0.4, -0.2) is 42.4 Å². The van der Waals surface area contributed by atoms with Crippen LogP contribution in [0.3, 0.4) is 0 Å². The number of nitro groups is 1. The van der Waals surface area contributed by atoms with Gasteiger partial charge in [0.05, 0.1) is 23.5 Å². The van der Waals surface area contributed by atoms with E-state index in [-0.39, 0.29) is 45.0 Å². The lowest BCUT2D eigenvalue weighted by Gasteiger charge is -2.13. The Morgan fingerprint density at radius 1 is 1.07 bits per heavy atom. The van der Waals surface area contributed by atoms with Gasteiger partial charge in [-0.15, -0.1) is 0 Å². The largest absolute Gasteiger partial charge is 0.493 e. The number of carbonyl (C=O) groups excluding carboxylic acids is 3. The molecule has 40 heavy (non-hydrogen) atoms. The second-order valence-electron chi connectivity index (χ2n) is 8.31. The Hall–Kier alpha value is -4.69. The molecule has 0 aromatic heterocycles. The number of thioether (sulfide) groups is 1. The Morgan fingerprint density at radius 3 is 2.42 bits per heavy atom. The lowest BCUT2D eigenvalue weighted by Crippen LogP contribution is -2.27. The summed E-state index contributed by atoms with van der Waals surface area (Å²) in [6.07, 6.45) is 1.38. The SMILES string of the molecule is COc1ccc(/C=C2\SC(=O)N(Cc3ccccc3[N+](=O)[O-])C2=O)cc1OS(=O)(=O)c1ccc(NC(C)=O)cc1. The molecule has 0 atom stereocenters. The summed E-state index contributed by atoms with van der Waals surface area (Å²) < 4.78 is 36.4. The number of amides is 3. The Bertz CT molecular complexity index is 1650. The third-order valence-electron chi connectivity index (χ3n) is 5.54. The van der Waals surface area contributed by atoms with Gasteiger partial charge in [0, 0.05) is 24.2 Å². The van der Waals surface area contributed by atoms with E-state index in [1.807, 2.05) is 0 Å². The highest BCUT2D eigenvalue weighted by molar-refractivity contribution is 8.18. The first-order valence-electron chi connectivity index (χ1n) is 11.5. The van der Waals surface area contributed by atoms with Crippen molar-refractivity contribution in [1.82, 2.24) is 4.90 Å². The zero-order chi connectivity index (χ0) is 29.0. The normalized spacial score (nSPS) is 14.3. The monoisotopic (exact) mass is 583 g/mol. The quantitative estimate of drug-likeness (QED) is 0.163. The summed E-state index contributed by atoms with van der Waals surface area (Å²) in [6, 6.07) is 15.5. The minimum atomic E-state index is -4.31. The number of anilines is 1. The van der Waals surface area contributed by atoms with E-state index in [0.717, 1.165) is 4.90 Å². The van der Waals surface area contributed by atoms with E-state index < -0.39 is 26.2 Å². The first kappa shape index (κ1) is 28.3. The Balaban J connectivity index is 1.57.